The minimum absolute atomic E-state index is 0.108. The van der Waals surface area contributed by atoms with E-state index in [4.69, 9.17) is 4.43 Å². The Labute approximate surface area is 95.5 Å². The van der Waals surface area contributed by atoms with Crippen LogP contribution in [0.2, 0.25) is 18.1 Å². The van der Waals surface area contributed by atoms with Gasteiger partial charge in [-0.1, -0.05) is 26.8 Å². The van der Waals surface area contributed by atoms with Crippen LogP contribution in [0.15, 0.2) is 12.7 Å². The second-order valence-electron chi connectivity index (χ2n) is 5.68. The van der Waals surface area contributed by atoms with Gasteiger partial charge in [-0.05, 0) is 31.5 Å². The van der Waals surface area contributed by atoms with Crippen molar-refractivity contribution in [1.29, 1.82) is 0 Å². The van der Waals surface area contributed by atoms with Gasteiger partial charge in [0.15, 0.2) is 8.32 Å². The molecule has 2 nitrogen and oxygen atoms in total. The molecule has 90 valence electrons. The highest BCUT2D eigenvalue weighted by atomic mass is 28.4. The van der Waals surface area contributed by atoms with Crippen molar-refractivity contribution in [2.24, 2.45) is 0 Å². The Bertz CT molecular complexity index is 204. The van der Waals surface area contributed by atoms with Crippen LogP contribution in [-0.4, -0.2) is 25.6 Å². The van der Waals surface area contributed by atoms with E-state index >= 15 is 0 Å². The molecule has 1 N–H and O–H groups in total. The number of hydrogen-bond donors (Lipinski definition) is 1. The predicted octanol–water partition coefficient (Wildman–Crippen LogP) is 3.33. The van der Waals surface area contributed by atoms with Gasteiger partial charge in [0.1, 0.15) is 0 Å². The molecule has 0 saturated carbocycles. The Kier molecular flexibility index (Phi) is 5.24. The quantitative estimate of drug-likeness (QED) is 0.580. The maximum absolute atomic E-state index is 9.62. The van der Waals surface area contributed by atoms with E-state index in [1.165, 1.54) is 0 Å². The minimum atomic E-state index is -1.78. The third-order valence-electron chi connectivity index (χ3n) is 3.19. The van der Waals surface area contributed by atoms with Crippen LogP contribution in [0, 0.1) is 0 Å². The molecular formula is C12H26O2Si. The van der Waals surface area contributed by atoms with Crippen LogP contribution in [0.1, 0.15) is 34.1 Å². The molecule has 0 amide bonds. The van der Waals surface area contributed by atoms with Crippen LogP contribution >= 0.6 is 0 Å². The fraction of sp³-hybridized carbons (Fsp3) is 0.833. The summed E-state index contributed by atoms with van der Waals surface area (Å²) in [6.07, 6.45) is 1.98. The van der Waals surface area contributed by atoms with Gasteiger partial charge < -0.3 is 9.53 Å². The summed E-state index contributed by atoms with van der Waals surface area (Å²) in [7, 11) is -1.78. The Morgan fingerprint density at radius 3 is 2.13 bits per heavy atom. The van der Waals surface area contributed by atoms with E-state index in [1.54, 1.807) is 6.92 Å². The zero-order valence-electron chi connectivity index (χ0n) is 11.0. The molecule has 0 aromatic carbocycles. The smallest absolute Gasteiger partial charge is 0.192 e. The maximum atomic E-state index is 9.62. The monoisotopic (exact) mass is 230 g/mol. The minimum Gasteiger partial charge on any atom is -0.411 e. The van der Waals surface area contributed by atoms with Crippen LogP contribution in [0.4, 0.5) is 0 Å². The summed E-state index contributed by atoms with van der Waals surface area (Å²) in [6.45, 7) is 16.5. The number of hydrogen-bond acceptors (Lipinski definition) is 2. The van der Waals surface area contributed by atoms with Crippen molar-refractivity contribution in [2.75, 3.05) is 0 Å². The van der Waals surface area contributed by atoms with Crippen LogP contribution in [-0.2, 0) is 4.43 Å². The Hall–Kier alpha value is -0.123. The second kappa shape index (κ2) is 5.28. The summed E-state index contributed by atoms with van der Waals surface area (Å²) in [5, 5.41) is 9.80. The highest BCUT2D eigenvalue weighted by molar-refractivity contribution is 6.74. The van der Waals surface area contributed by atoms with Crippen molar-refractivity contribution < 1.29 is 9.53 Å². The normalized spacial score (nSPS) is 17.3. The zero-order chi connectivity index (χ0) is 12.3. The van der Waals surface area contributed by atoms with Gasteiger partial charge in [-0.15, -0.1) is 6.58 Å². The largest absolute Gasteiger partial charge is 0.411 e. The first-order valence-electron chi connectivity index (χ1n) is 5.58. The van der Waals surface area contributed by atoms with Gasteiger partial charge in [0.25, 0.3) is 0 Å². The number of aliphatic hydroxyl groups excluding tert-OH is 1. The Morgan fingerprint density at radius 1 is 1.40 bits per heavy atom. The molecule has 3 heteroatoms. The molecule has 0 fully saturated rings. The van der Waals surface area contributed by atoms with Crippen molar-refractivity contribution in [1.82, 2.24) is 0 Å². The van der Waals surface area contributed by atoms with Gasteiger partial charge in [-0.2, -0.15) is 0 Å². The standard InChI is InChI=1S/C12H26O2Si/c1-8-9-11(10(2)13)14-15(6,7)12(3,4)5/h8,10-11,13H,1,9H2,2-7H3/t10-,11-/m0/s1. The molecule has 0 saturated heterocycles. The molecule has 15 heavy (non-hydrogen) atoms. The van der Waals surface area contributed by atoms with Gasteiger partial charge in [0, 0.05) is 0 Å². The molecule has 0 heterocycles. The lowest BCUT2D eigenvalue weighted by Crippen LogP contribution is -2.46. The molecule has 0 unspecified atom stereocenters. The Balaban J connectivity index is 4.59. The highest BCUT2D eigenvalue weighted by Gasteiger charge is 2.39. The van der Waals surface area contributed by atoms with Crippen LogP contribution in [0.25, 0.3) is 0 Å². The van der Waals surface area contributed by atoms with Crippen molar-refractivity contribution in [3.8, 4) is 0 Å². The first kappa shape index (κ1) is 14.9. The van der Waals surface area contributed by atoms with E-state index in [0.717, 1.165) is 0 Å². The highest BCUT2D eigenvalue weighted by Crippen LogP contribution is 2.37. The Morgan fingerprint density at radius 2 is 1.87 bits per heavy atom. The lowest BCUT2D eigenvalue weighted by molar-refractivity contribution is 0.0414. The average molecular weight is 230 g/mol. The molecule has 0 aliphatic carbocycles. The van der Waals surface area contributed by atoms with Gasteiger partial charge in [-0.25, -0.2) is 0 Å². The van der Waals surface area contributed by atoms with E-state index in [-0.39, 0.29) is 11.1 Å². The molecule has 0 spiro atoms. The van der Waals surface area contributed by atoms with Crippen LogP contribution in [0.3, 0.4) is 0 Å². The van der Waals surface area contributed by atoms with Gasteiger partial charge in [0.2, 0.25) is 0 Å². The molecular weight excluding hydrogens is 204 g/mol. The van der Waals surface area contributed by atoms with E-state index in [0.29, 0.717) is 6.42 Å². The lowest BCUT2D eigenvalue weighted by atomic mass is 10.2. The van der Waals surface area contributed by atoms with Crippen LogP contribution < -0.4 is 0 Å². The summed E-state index contributed by atoms with van der Waals surface area (Å²) < 4.78 is 6.12. The first-order chi connectivity index (χ1) is 6.62. The average Bonchev–Trinajstić information content (AvgIpc) is 2.00. The summed E-state index contributed by atoms with van der Waals surface area (Å²) >= 11 is 0. The topological polar surface area (TPSA) is 29.5 Å². The molecule has 0 aliphatic heterocycles. The molecule has 0 aromatic rings. The van der Waals surface area contributed by atoms with Crippen molar-refractivity contribution in [3.05, 3.63) is 12.7 Å². The van der Waals surface area contributed by atoms with Crippen molar-refractivity contribution in [2.45, 2.75) is 64.5 Å². The van der Waals surface area contributed by atoms with Crippen molar-refractivity contribution in [3.63, 3.8) is 0 Å². The number of rotatable bonds is 5. The molecule has 0 aliphatic rings. The van der Waals surface area contributed by atoms with E-state index in [2.05, 4.69) is 40.4 Å². The van der Waals surface area contributed by atoms with Gasteiger partial charge in [-0.3, -0.25) is 0 Å². The zero-order valence-corrected chi connectivity index (χ0v) is 12.0. The molecule has 0 radical (unpaired) electrons. The molecule has 2 atom stereocenters. The number of aliphatic hydroxyl groups is 1. The van der Waals surface area contributed by atoms with E-state index in [9.17, 15) is 5.11 Å². The van der Waals surface area contributed by atoms with Crippen molar-refractivity contribution >= 4 is 8.32 Å². The molecule has 0 bridgehead atoms. The fourth-order valence-corrected chi connectivity index (χ4v) is 2.47. The van der Waals surface area contributed by atoms with E-state index < -0.39 is 14.4 Å². The summed E-state index contributed by atoms with van der Waals surface area (Å²) in [5.41, 5.74) is 0. The third kappa shape index (κ3) is 4.49. The first-order valence-corrected chi connectivity index (χ1v) is 8.49. The fourth-order valence-electron chi connectivity index (χ4n) is 1.06. The predicted molar refractivity (Wildman–Crippen MR) is 68.6 cm³/mol. The SMILES string of the molecule is C=CC[C@H](O[Si](C)(C)C(C)(C)C)[C@H](C)O. The second-order valence-corrected chi connectivity index (χ2v) is 10.4. The summed E-state index contributed by atoms with van der Waals surface area (Å²) in [6, 6.07) is 0. The third-order valence-corrected chi connectivity index (χ3v) is 7.69. The molecule has 0 aromatic heterocycles. The van der Waals surface area contributed by atoms with E-state index in [1.807, 2.05) is 6.08 Å². The summed E-state index contributed by atoms with van der Waals surface area (Å²) in [5.74, 6) is 0. The van der Waals surface area contributed by atoms with Gasteiger partial charge >= 0.3 is 0 Å². The lowest BCUT2D eigenvalue weighted by Gasteiger charge is -2.39. The van der Waals surface area contributed by atoms with Gasteiger partial charge in [0.05, 0.1) is 12.2 Å². The van der Waals surface area contributed by atoms with Crippen LogP contribution in [0.5, 0.6) is 0 Å². The summed E-state index contributed by atoms with van der Waals surface area (Å²) in [4.78, 5) is 0. The molecule has 0 rings (SSSR count). The maximum Gasteiger partial charge on any atom is 0.192 e.